The van der Waals surface area contributed by atoms with E-state index >= 15 is 0 Å². The molecular weight excluding hydrogens is 463 g/mol. The quantitative estimate of drug-likeness (QED) is 0.208. The number of halogens is 1. The zero-order valence-corrected chi connectivity index (χ0v) is 16.9. The summed E-state index contributed by atoms with van der Waals surface area (Å²) in [7, 11) is 0. The van der Waals surface area contributed by atoms with Gasteiger partial charge in [0.25, 0.3) is 0 Å². The molecule has 0 amide bonds. The van der Waals surface area contributed by atoms with Gasteiger partial charge in [-0.3, -0.25) is 0 Å². The highest BCUT2D eigenvalue weighted by molar-refractivity contribution is 14.1. The number of rotatable bonds is 4. The largest absolute Gasteiger partial charge is 0.513 e. The van der Waals surface area contributed by atoms with Crippen LogP contribution in [0.5, 0.6) is 11.5 Å². The molecule has 0 spiro atoms. The lowest BCUT2D eigenvalue weighted by atomic mass is 10.0. The summed E-state index contributed by atoms with van der Waals surface area (Å²) in [6.45, 7) is 3.82. The van der Waals surface area contributed by atoms with Crippen LogP contribution in [0, 0.1) is 3.57 Å². The van der Waals surface area contributed by atoms with E-state index in [0.717, 1.165) is 3.57 Å². The van der Waals surface area contributed by atoms with Gasteiger partial charge in [-0.25, -0.2) is 9.59 Å². The monoisotopic (exact) mass is 480 g/mol. The number of carbonyl (C=O) groups is 2. The first-order valence-electron chi connectivity index (χ1n) is 8.38. The lowest BCUT2D eigenvalue weighted by Crippen LogP contribution is -2.12. The van der Waals surface area contributed by atoms with Crippen LogP contribution in [0.3, 0.4) is 0 Å². The molecule has 0 aliphatic rings. The molecular formula is C20H17IO6. The van der Waals surface area contributed by atoms with Crippen molar-refractivity contribution in [3.8, 4) is 11.5 Å². The summed E-state index contributed by atoms with van der Waals surface area (Å²) in [5.74, 6) is 0.709. The summed E-state index contributed by atoms with van der Waals surface area (Å²) in [4.78, 5) is 23.9. The lowest BCUT2D eigenvalue weighted by Gasteiger charge is -2.16. The van der Waals surface area contributed by atoms with Crippen molar-refractivity contribution in [1.29, 1.82) is 0 Å². The zero-order chi connectivity index (χ0) is 19.4. The summed E-state index contributed by atoms with van der Waals surface area (Å²) in [6.07, 6.45) is -1.58. The fourth-order valence-corrected chi connectivity index (χ4v) is 3.24. The Bertz CT molecular complexity index is 1010. The molecule has 0 saturated heterocycles. The third-order valence-electron chi connectivity index (χ3n) is 3.78. The van der Waals surface area contributed by atoms with Crippen LogP contribution in [0.25, 0.3) is 21.5 Å². The fraction of sp³-hybridized carbons (Fsp3) is 0.200. The molecule has 0 saturated carbocycles. The number of carbonyl (C=O) groups excluding carboxylic acids is 2. The van der Waals surface area contributed by atoms with Crippen molar-refractivity contribution >= 4 is 56.4 Å². The summed E-state index contributed by atoms with van der Waals surface area (Å²) >= 11 is 2.17. The van der Waals surface area contributed by atoms with Crippen LogP contribution in [-0.4, -0.2) is 25.5 Å². The van der Waals surface area contributed by atoms with Crippen LogP contribution < -0.4 is 9.47 Å². The molecule has 0 aliphatic carbocycles. The first-order valence-corrected chi connectivity index (χ1v) is 9.46. The molecule has 3 aromatic rings. The van der Waals surface area contributed by atoms with E-state index in [1.54, 1.807) is 26.0 Å². The van der Waals surface area contributed by atoms with Crippen molar-refractivity contribution in [2.45, 2.75) is 13.8 Å². The molecule has 0 atom stereocenters. The smallest absolute Gasteiger partial charge is 0.434 e. The highest BCUT2D eigenvalue weighted by Crippen LogP contribution is 2.43. The van der Waals surface area contributed by atoms with Gasteiger partial charge < -0.3 is 18.9 Å². The molecule has 0 aliphatic heterocycles. The van der Waals surface area contributed by atoms with Crippen molar-refractivity contribution in [1.82, 2.24) is 0 Å². The standard InChI is InChI=1S/C20H17IO6/c1-3-24-19(22)26-17-13-7-5-6-8-14(13)18(27-20(23)25-4-2)16-11-12(21)9-10-15(16)17/h5-11H,3-4H2,1-2H3. The minimum absolute atomic E-state index is 0.205. The van der Waals surface area contributed by atoms with E-state index in [0.29, 0.717) is 33.0 Å². The Kier molecular flexibility index (Phi) is 6.00. The maximum absolute atomic E-state index is 12.0. The van der Waals surface area contributed by atoms with Crippen LogP contribution >= 0.6 is 22.6 Å². The van der Waals surface area contributed by atoms with Gasteiger partial charge in [0.15, 0.2) is 5.75 Å². The number of hydrogen-bond donors (Lipinski definition) is 0. The SMILES string of the molecule is CCOC(=O)Oc1c2ccccc2c(OC(=O)OCC)c2cc(I)ccc12. The maximum Gasteiger partial charge on any atom is 0.513 e. The van der Waals surface area contributed by atoms with Crippen LogP contribution in [0.4, 0.5) is 9.59 Å². The average molecular weight is 480 g/mol. The Hall–Kier alpha value is -2.55. The molecule has 0 radical (unpaired) electrons. The molecule has 0 bridgehead atoms. The number of ether oxygens (including phenoxy) is 4. The minimum Gasteiger partial charge on any atom is -0.434 e. The molecule has 0 N–H and O–H groups in total. The van der Waals surface area contributed by atoms with Crippen molar-refractivity contribution in [3.63, 3.8) is 0 Å². The Balaban J connectivity index is 2.29. The van der Waals surface area contributed by atoms with E-state index in [-0.39, 0.29) is 13.2 Å². The predicted molar refractivity (Wildman–Crippen MR) is 109 cm³/mol. The molecule has 0 fully saturated rings. The van der Waals surface area contributed by atoms with Crippen LogP contribution in [0.1, 0.15) is 13.8 Å². The molecule has 0 heterocycles. The van der Waals surface area contributed by atoms with Crippen LogP contribution in [0.15, 0.2) is 42.5 Å². The molecule has 27 heavy (non-hydrogen) atoms. The minimum atomic E-state index is -0.790. The van der Waals surface area contributed by atoms with Gasteiger partial charge in [-0.2, -0.15) is 0 Å². The van der Waals surface area contributed by atoms with Gasteiger partial charge in [-0.1, -0.05) is 24.3 Å². The Labute approximate surface area is 169 Å². The summed E-state index contributed by atoms with van der Waals surface area (Å²) in [5.41, 5.74) is 0. The predicted octanol–water partition coefficient (Wildman–Crippen LogP) is 5.67. The van der Waals surface area contributed by atoms with Crippen molar-refractivity contribution in [3.05, 3.63) is 46.0 Å². The number of hydrogen-bond acceptors (Lipinski definition) is 6. The summed E-state index contributed by atoms with van der Waals surface area (Å²) in [6, 6.07) is 12.8. The Morgan fingerprint density at radius 2 is 1.26 bits per heavy atom. The molecule has 3 aromatic carbocycles. The van der Waals surface area contributed by atoms with Gasteiger partial charge in [0.2, 0.25) is 0 Å². The van der Waals surface area contributed by atoms with E-state index in [4.69, 9.17) is 18.9 Å². The second-order valence-corrected chi connectivity index (χ2v) is 6.71. The second-order valence-electron chi connectivity index (χ2n) is 5.46. The topological polar surface area (TPSA) is 71.1 Å². The molecule has 3 rings (SSSR count). The molecule has 0 aromatic heterocycles. The Morgan fingerprint density at radius 1 is 0.778 bits per heavy atom. The van der Waals surface area contributed by atoms with E-state index < -0.39 is 12.3 Å². The third kappa shape index (κ3) is 4.08. The van der Waals surface area contributed by atoms with Crippen LogP contribution in [-0.2, 0) is 9.47 Å². The molecule has 0 unspecified atom stereocenters. The van der Waals surface area contributed by atoms with Crippen molar-refractivity contribution < 1.29 is 28.5 Å². The normalized spacial score (nSPS) is 10.6. The van der Waals surface area contributed by atoms with Gasteiger partial charge in [0.05, 0.1) is 13.2 Å². The molecule has 6 nitrogen and oxygen atoms in total. The summed E-state index contributed by atoms with van der Waals surface area (Å²) in [5, 5.41) is 2.51. The van der Waals surface area contributed by atoms with Crippen molar-refractivity contribution in [2.24, 2.45) is 0 Å². The maximum atomic E-state index is 12.0. The summed E-state index contributed by atoms with van der Waals surface area (Å²) < 4.78 is 21.8. The highest BCUT2D eigenvalue weighted by atomic mass is 127. The first kappa shape index (κ1) is 19.2. The van der Waals surface area contributed by atoms with Gasteiger partial charge in [0.1, 0.15) is 5.75 Å². The average Bonchev–Trinajstić information content (AvgIpc) is 2.64. The highest BCUT2D eigenvalue weighted by Gasteiger charge is 2.21. The fourth-order valence-electron chi connectivity index (χ4n) is 2.75. The van der Waals surface area contributed by atoms with E-state index in [2.05, 4.69) is 22.6 Å². The molecule has 140 valence electrons. The van der Waals surface area contributed by atoms with Gasteiger partial charge in [-0.15, -0.1) is 0 Å². The van der Waals surface area contributed by atoms with E-state index in [1.165, 1.54) is 0 Å². The second kappa shape index (κ2) is 8.43. The Morgan fingerprint density at radius 3 is 1.78 bits per heavy atom. The van der Waals surface area contributed by atoms with Gasteiger partial charge in [0, 0.05) is 25.1 Å². The zero-order valence-electron chi connectivity index (χ0n) is 14.8. The lowest BCUT2D eigenvalue weighted by molar-refractivity contribution is 0.103. The van der Waals surface area contributed by atoms with Gasteiger partial charge in [-0.05, 0) is 54.6 Å². The van der Waals surface area contributed by atoms with E-state index in [9.17, 15) is 9.59 Å². The first-order chi connectivity index (χ1) is 13.0. The van der Waals surface area contributed by atoms with Crippen LogP contribution in [0.2, 0.25) is 0 Å². The van der Waals surface area contributed by atoms with Gasteiger partial charge >= 0.3 is 12.3 Å². The number of fused-ring (bicyclic) bond motifs is 2. The van der Waals surface area contributed by atoms with Crippen molar-refractivity contribution in [2.75, 3.05) is 13.2 Å². The number of benzene rings is 3. The third-order valence-corrected chi connectivity index (χ3v) is 4.45. The molecule has 7 heteroatoms. The van der Waals surface area contributed by atoms with E-state index in [1.807, 2.05) is 30.3 Å².